The van der Waals surface area contributed by atoms with Crippen molar-refractivity contribution < 1.29 is 4.74 Å². The first-order valence-electron chi connectivity index (χ1n) is 6.85. The fraction of sp³-hybridized carbons (Fsp3) is 0.400. The number of ether oxygens (including phenoxy) is 1. The van der Waals surface area contributed by atoms with Gasteiger partial charge in [0.15, 0.2) is 5.16 Å². The number of hydrogen-bond acceptors (Lipinski definition) is 6. The van der Waals surface area contributed by atoms with Crippen LogP contribution < -0.4 is 10.1 Å². The third-order valence-corrected chi connectivity index (χ3v) is 3.53. The fourth-order valence-corrected chi connectivity index (χ4v) is 2.50. The molecule has 0 aliphatic rings. The number of anilines is 1. The average Bonchev–Trinajstić information content (AvgIpc) is 2.44. The quantitative estimate of drug-likeness (QED) is 0.826. The molecule has 2 aromatic rings. The molecule has 0 saturated heterocycles. The maximum Gasteiger partial charge on any atom is 0.322 e. The van der Waals surface area contributed by atoms with Gasteiger partial charge in [-0.15, -0.1) is 0 Å². The van der Waals surface area contributed by atoms with E-state index in [0.29, 0.717) is 17.1 Å². The highest BCUT2D eigenvalue weighted by Gasteiger charge is 2.09. The summed E-state index contributed by atoms with van der Waals surface area (Å²) in [5.74, 6) is 1.34. The van der Waals surface area contributed by atoms with Crippen LogP contribution in [-0.4, -0.2) is 28.1 Å². The largest absolute Gasteiger partial charge is 0.461 e. The van der Waals surface area contributed by atoms with Crippen molar-refractivity contribution in [2.75, 3.05) is 12.4 Å². The van der Waals surface area contributed by atoms with E-state index in [2.05, 4.69) is 51.5 Å². The molecular weight excluding hydrogens is 284 g/mol. The van der Waals surface area contributed by atoms with Crippen LogP contribution in [0.4, 0.5) is 5.95 Å². The molecule has 0 aliphatic heterocycles. The lowest BCUT2D eigenvalue weighted by atomic mass is 10.2. The number of rotatable bonds is 6. The molecule has 0 radical (unpaired) electrons. The first-order chi connectivity index (χ1) is 10.1. The zero-order valence-electron chi connectivity index (χ0n) is 12.8. The van der Waals surface area contributed by atoms with Crippen LogP contribution >= 0.6 is 11.8 Å². The van der Waals surface area contributed by atoms with Gasteiger partial charge in [-0.05, 0) is 26.3 Å². The summed E-state index contributed by atoms with van der Waals surface area (Å²) in [5, 5.41) is 3.59. The van der Waals surface area contributed by atoms with Crippen LogP contribution in [0.1, 0.15) is 25.0 Å². The molecule has 1 aromatic carbocycles. The summed E-state index contributed by atoms with van der Waals surface area (Å²) in [7, 11) is 1.78. The molecule has 1 N–H and O–H groups in total. The van der Waals surface area contributed by atoms with Gasteiger partial charge in [0.1, 0.15) is 0 Å². The highest BCUT2D eigenvalue weighted by Crippen LogP contribution is 2.22. The summed E-state index contributed by atoms with van der Waals surface area (Å²) in [6.07, 6.45) is 0.0340. The van der Waals surface area contributed by atoms with Gasteiger partial charge in [-0.25, -0.2) is 0 Å². The van der Waals surface area contributed by atoms with E-state index in [0.717, 1.165) is 5.75 Å². The predicted octanol–water partition coefficient (Wildman–Crippen LogP) is 3.30. The number of hydrogen-bond donors (Lipinski definition) is 1. The Labute approximate surface area is 129 Å². The molecule has 0 unspecified atom stereocenters. The zero-order chi connectivity index (χ0) is 15.2. The van der Waals surface area contributed by atoms with Crippen molar-refractivity contribution in [2.24, 2.45) is 0 Å². The molecule has 0 atom stereocenters. The van der Waals surface area contributed by atoms with Gasteiger partial charge in [0.25, 0.3) is 0 Å². The Morgan fingerprint density at radius 1 is 1.24 bits per heavy atom. The van der Waals surface area contributed by atoms with Gasteiger partial charge >= 0.3 is 6.01 Å². The van der Waals surface area contributed by atoms with E-state index in [4.69, 9.17) is 4.74 Å². The average molecular weight is 304 g/mol. The zero-order valence-corrected chi connectivity index (χ0v) is 13.6. The molecule has 112 valence electrons. The predicted molar refractivity (Wildman–Crippen MR) is 85.9 cm³/mol. The Kier molecular flexibility index (Phi) is 5.38. The van der Waals surface area contributed by atoms with Crippen LogP contribution in [0, 0.1) is 6.92 Å². The summed E-state index contributed by atoms with van der Waals surface area (Å²) in [5.41, 5.74) is 2.50. The number of aryl methyl sites for hydroxylation is 1. The second-order valence-electron chi connectivity index (χ2n) is 4.92. The van der Waals surface area contributed by atoms with Crippen LogP contribution in [0.5, 0.6) is 6.01 Å². The van der Waals surface area contributed by atoms with Crippen molar-refractivity contribution in [3.05, 3.63) is 35.4 Å². The van der Waals surface area contributed by atoms with E-state index in [-0.39, 0.29) is 6.10 Å². The van der Waals surface area contributed by atoms with Crippen molar-refractivity contribution in [2.45, 2.75) is 37.8 Å². The smallest absolute Gasteiger partial charge is 0.322 e. The van der Waals surface area contributed by atoms with Crippen molar-refractivity contribution in [1.29, 1.82) is 0 Å². The van der Waals surface area contributed by atoms with E-state index >= 15 is 0 Å². The molecule has 1 heterocycles. The third kappa shape index (κ3) is 4.90. The molecule has 0 amide bonds. The van der Waals surface area contributed by atoms with Crippen LogP contribution in [0.3, 0.4) is 0 Å². The van der Waals surface area contributed by atoms with Crippen LogP contribution in [0.2, 0.25) is 0 Å². The molecule has 0 aliphatic carbocycles. The van der Waals surface area contributed by atoms with Gasteiger partial charge in [0.05, 0.1) is 6.10 Å². The lowest BCUT2D eigenvalue weighted by Crippen LogP contribution is -2.11. The Bertz CT molecular complexity index is 604. The molecule has 1 aromatic heterocycles. The summed E-state index contributed by atoms with van der Waals surface area (Å²) in [6, 6.07) is 8.77. The molecule has 2 rings (SSSR count). The minimum Gasteiger partial charge on any atom is -0.461 e. The number of aromatic nitrogens is 3. The van der Waals surface area contributed by atoms with Gasteiger partial charge in [0.2, 0.25) is 5.95 Å². The van der Waals surface area contributed by atoms with E-state index in [9.17, 15) is 0 Å². The van der Waals surface area contributed by atoms with Crippen molar-refractivity contribution >= 4 is 17.7 Å². The topological polar surface area (TPSA) is 59.9 Å². The minimum absolute atomic E-state index is 0.0340. The van der Waals surface area contributed by atoms with Gasteiger partial charge in [-0.3, -0.25) is 0 Å². The Morgan fingerprint density at radius 2 is 2.05 bits per heavy atom. The summed E-state index contributed by atoms with van der Waals surface area (Å²) >= 11 is 1.57. The van der Waals surface area contributed by atoms with Gasteiger partial charge in [-0.1, -0.05) is 41.6 Å². The number of benzene rings is 1. The maximum atomic E-state index is 5.55. The highest BCUT2D eigenvalue weighted by atomic mass is 32.2. The van der Waals surface area contributed by atoms with Crippen molar-refractivity contribution in [1.82, 2.24) is 15.0 Å². The number of thioether (sulfide) groups is 1. The van der Waals surface area contributed by atoms with E-state index in [1.807, 2.05) is 13.8 Å². The summed E-state index contributed by atoms with van der Waals surface area (Å²) in [4.78, 5) is 12.9. The second kappa shape index (κ2) is 7.26. The molecule has 6 heteroatoms. The van der Waals surface area contributed by atoms with Crippen molar-refractivity contribution in [3.63, 3.8) is 0 Å². The first-order valence-corrected chi connectivity index (χ1v) is 7.84. The number of nitrogens with one attached hydrogen (secondary N) is 1. The lowest BCUT2D eigenvalue weighted by Gasteiger charge is -2.10. The van der Waals surface area contributed by atoms with Gasteiger partial charge in [0, 0.05) is 12.8 Å². The minimum atomic E-state index is 0.0340. The fourth-order valence-electron chi connectivity index (χ4n) is 1.73. The van der Waals surface area contributed by atoms with Crippen molar-refractivity contribution in [3.8, 4) is 6.01 Å². The van der Waals surface area contributed by atoms with E-state index in [1.54, 1.807) is 18.8 Å². The molecule has 0 bridgehead atoms. The van der Waals surface area contributed by atoms with E-state index in [1.165, 1.54) is 11.1 Å². The lowest BCUT2D eigenvalue weighted by molar-refractivity contribution is 0.219. The normalized spacial score (nSPS) is 10.7. The van der Waals surface area contributed by atoms with Crippen LogP contribution in [0.25, 0.3) is 0 Å². The summed E-state index contributed by atoms with van der Waals surface area (Å²) < 4.78 is 5.55. The first kappa shape index (κ1) is 15.6. The molecule has 5 nitrogen and oxygen atoms in total. The van der Waals surface area contributed by atoms with Crippen LogP contribution in [0.15, 0.2) is 29.4 Å². The Morgan fingerprint density at radius 3 is 2.71 bits per heavy atom. The highest BCUT2D eigenvalue weighted by molar-refractivity contribution is 7.98. The third-order valence-electron chi connectivity index (χ3n) is 2.61. The standard InChI is InChI=1S/C15H20N4OS/c1-10(2)20-14-17-13(16-4)18-15(19-14)21-9-12-7-5-6-11(3)8-12/h5-8,10H,9H2,1-4H3,(H,16,17,18,19). The maximum absolute atomic E-state index is 5.55. The molecule has 21 heavy (non-hydrogen) atoms. The molecule has 0 saturated carbocycles. The van der Waals surface area contributed by atoms with Crippen LogP contribution in [-0.2, 0) is 5.75 Å². The molecule has 0 spiro atoms. The van der Waals surface area contributed by atoms with Gasteiger partial charge in [-0.2, -0.15) is 15.0 Å². The Hall–Kier alpha value is -1.82. The SMILES string of the molecule is CNc1nc(OC(C)C)nc(SCc2cccc(C)c2)n1. The Balaban J connectivity index is 2.11. The molecule has 0 fully saturated rings. The second-order valence-corrected chi connectivity index (χ2v) is 5.86. The molecular formula is C15H20N4OS. The van der Waals surface area contributed by atoms with Gasteiger partial charge < -0.3 is 10.1 Å². The number of nitrogens with zero attached hydrogens (tertiary/aromatic N) is 3. The monoisotopic (exact) mass is 304 g/mol. The van der Waals surface area contributed by atoms with E-state index < -0.39 is 0 Å². The summed E-state index contributed by atoms with van der Waals surface area (Å²) in [6.45, 7) is 5.98.